The molecule has 0 aliphatic carbocycles. The largest absolute Gasteiger partial charge is 0.456 e. The van der Waals surface area contributed by atoms with Crippen LogP contribution in [-0.2, 0) is 18.4 Å². The van der Waals surface area contributed by atoms with E-state index in [0.717, 1.165) is 11.4 Å². The van der Waals surface area contributed by atoms with Gasteiger partial charge in [0.1, 0.15) is 6.61 Å². The first-order valence-electron chi connectivity index (χ1n) is 5.69. The van der Waals surface area contributed by atoms with Gasteiger partial charge in [-0.25, -0.2) is 4.79 Å². The average Bonchev–Trinajstić information content (AvgIpc) is 2.68. The highest BCUT2D eigenvalue weighted by Gasteiger charge is 2.14. The van der Waals surface area contributed by atoms with Crippen molar-refractivity contribution in [1.29, 1.82) is 0 Å². The van der Waals surface area contributed by atoms with E-state index in [2.05, 4.69) is 5.10 Å². The number of aryl methyl sites for hydroxylation is 2. The summed E-state index contributed by atoms with van der Waals surface area (Å²) in [7, 11) is 1.80. The summed E-state index contributed by atoms with van der Waals surface area (Å²) in [5, 5.41) is 4.51. The van der Waals surface area contributed by atoms with Crippen molar-refractivity contribution >= 4 is 23.3 Å². The molecule has 0 spiro atoms. The second kappa shape index (κ2) is 5.32. The van der Waals surface area contributed by atoms with Crippen LogP contribution in [0.25, 0.3) is 0 Å². The number of carbonyl (C=O) groups excluding carboxylic acids is 1. The molecule has 5 nitrogen and oxygen atoms in total. The van der Waals surface area contributed by atoms with Crippen molar-refractivity contribution in [2.24, 2.45) is 7.05 Å². The number of ether oxygens (including phenoxy) is 1. The van der Waals surface area contributed by atoms with Crippen LogP contribution in [0.1, 0.15) is 21.7 Å². The van der Waals surface area contributed by atoms with Crippen LogP contribution in [0.5, 0.6) is 0 Å². The summed E-state index contributed by atoms with van der Waals surface area (Å²) in [5.74, 6) is -0.501. The van der Waals surface area contributed by atoms with E-state index in [4.69, 9.17) is 22.1 Å². The number of nitrogens with zero attached hydrogens (tertiary/aromatic N) is 2. The summed E-state index contributed by atoms with van der Waals surface area (Å²) in [6, 6.07) is 6.72. The molecule has 2 N–H and O–H groups in total. The first kappa shape index (κ1) is 13.4. The van der Waals surface area contributed by atoms with Crippen molar-refractivity contribution in [2.75, 3.05) is 5.73 Å². The number of anilines is 1. The summed E-state index contributed by atoms with van der Waals surface area (Å²) >= 11 is 5.86. The molecule has 0 atom stereocenters. The van der Waals surface area contributed by atoms with E-state index in [1.54, 1.807) is 29.9 Å². The zero-order valence-corrected chi connectivity index (χ0v) is 11.4. The van der Waals surface area contributed by atoms with Gasteiger partial charge in [-0.15, -0.1) is 0 Å². The number of rotatable bonds is 3. The monoisotopic (exact) mass is 279 g/mol. The molecular weight excluding hydrogens is 266 g/mol. The Labute approximate surface area is 115 Å². The van der Waals surface area contributed by atoms with Gasteiger partial charge >= 0.3 is 5.97 Å². The molecule has 1 heterocycles. The van der Waals surface area contributed by atoms with Gasteiger partial charge < -0.3 is 10.5 Å². The van der Waals surface area contributed by atoms with E-state index < -0.39 is 5.97 Å². The van der Waals surface area contributed by atoms with Gasteiger partial charge in [-0.2, -0.15) is 5.10 Å². The number of para-hydroxylation sites is 1. The molecule has 19 heavy (non-hydrogen) atoms. The smallest absolute Gasteiger partial charge is 0.340 e. The van der Waals surface area contributed by atoms with Crippen LogP contribution in [0.4, 0.5) is 5.69 Å². The van der Waals surface area contributed by atoms with Gasteiger partial charge in [0, 0.05) is 7.05 Å². The molecule has 0 saturated carbocycles. The van der Waals surface area contributed by atoms with E-state index >= 15 is 0 Å². The number of aromatic nitrogens is 2. The predicted molar refractivity (Wildman–Crippen MR) is 72.9 cm³/mol. The highest BCUT2D eigenvalue weighted by Crippen LogP contribution is 2.23. The molecule has 1 aromatic heterocycles. The first-order valence-corrected chi connectivity index (χ1v) is 6.07. The first-order chi connectivity index (χ1) is 8.99. The van der Waals surface area contributed by atoms with Crippen LogP contribution in [0.3, 0.4) is 0 Å². The quantitative estimate of drug-likeness (QED) is 0.691. The summed E-state index contributed by atoms with van der Waals surface area (Å²) in [6.45, 7) is 2.02. The molecule has 0 aliphatic heterocycles. The van der Waals surface area contributed by atoms with Crippen molar-refractivity contribution < 1.29 is 9.53 Å². The zero-order chi connectivity index (χ0) is 14.0. The Bertz CT molecular complexity index is 622. The standard InChI is InChI=1S/C13H14ClN3O2/c1-8-6-9(17(2)16-8)7-19-13(18)10-4-3-5-11(14)12(10)15/h3-6H,7,15H2,1-2H3. The second-order valence-corrected chi connectivity index (χ2v) is 4.59. The van der Waals surface area contributed by atoms with Gasteiger partial charge in [0.2, 0.25) is 0 Å². The fourth-order valence-electron chi connectivity index (χ4n) is 1.73. The highest BCUT2D eigenvalue weighted by molar-refractivity contribution is 6.33. The normalized spacial score (nSPS) is 10.5. The Morgan fingerprint density at radius 3 is 2.89 bits per heavy atom. The van der Waals surface area contributed by atoms with Crippen molar-refractivity contribution in [3.8, 4) is 0 Å². The van der Waals surface area contributed by atoms with E-state index in [-0.39, 0.29) is 17.9 Å². The van der Waals surface area contributed by atoms with Gasteiger partial charge in [-0.3, -0.25) is 4.68 Å². The Morgan fingerprint density at radius 2 is 2.26 bits per heavy atom. The van der Waals surface area contributed by atoms with Crippen molar-refractivity contribution in [2.45, 2.75) is 13.5 Å². The SMILES string of the molecule is Cc1cc(COC(=O)c2cccc(Cl)c2N)n(C)n1. The maximum absolute atomic E-state index is 11.9. The molecule has 0 aliphatic rings. The Morgan fingerprint density at radius 1 is 1.53 bits per heavy atom. The highest BCUT2D eigenvalue weighted by atomic mass is 35.5. The lowest BCUT2D eigenvalue weighted by Gasteiger charge is -2.08. The predicted octanol–water partition coefficient (Wildman–Crippen LogP) is 2.32. The molecule has 2 aromatic rings. The van der Waals surface area contributed by atoms with Crippen molar-refractivity contribution in [3.63, 3.8) is 0 Å². The van der Waals surface area contributed by atoms with Crippen LogP contribution in [0.15, 0.2) is 24.3 Å². The minimum Gasteiger partial charge on any atom is -0.456 e. The Hall–Kier alpha value is -2.01. The Balaban J connectivity index is 2.10. The number of nitrogen functional groups attached to an aromatic ring is 1. The van der Waals surface area contributed by atoms with Gasteiger partial charge in [0.15, 0.2) is 0 Å². The molecule has 0 bridgehead atoms. The number of hydrogen-bond donors (Lipinski definition) is 1. The molecule has 0 radical (unpaired) electrons. The molecule has 0 saturated heterocycles. The zero-order valence-electron chi connectivity index (χ0n) is 10.7. The third kappa shape index (κ3) is 2.88. The fourth-order valence-corrected chi connectivity index (χ4v) is 1.91. The fraction of sp³-hybridized carbons (Fsp3) is 0.231. The molecule has 6 heteroatoms. The Kier molecular flexibility index (Phi) is 3.76. The number of benzene rings is 1. The second-order valence-electron chi connectivity index (χ2n) is 4.18. The van der Waals surface area contributed by atoms with E-state index in [9.17, 15) is 4.79 Å². The number of carbonyl (C=O) groups is 1. The van der Waals surface area contributed by atoms with Crippen LogP contribution in [-0.4, -0.2) is 15.7 Å². The van der Waals surface area contributed by atoms with E-state index in [1.807, 2.05) is 13.0 Å². The van der Waals surface area contributed by atoms with Gasteiger partial charge in [-0.1, -0.05) is 17.7 Å². The third-order valence-electron chi connectivity index (χ3n) is 2.72. The van der Waals surface area contributed by atoms with Gasteiger partial charge in [0.25, 0.3) is 0 Å². The molecule has 0 amide bonds. The lowest BCUT2D eigenvalue weighted by atomic mass is 10.2. The minimum absolute atomic E-state index is 0.141. The molecule has 0 fully saturated rings. The lowest BCUT2D eigenvalue weighted by molar-refractivity contribution is 0.0465. The van der Waals surface area contributed by atoms with Gasteiger partial charge in [-0.05, 0) is 25.1 Å². The average molecular weight is 280 g/mol. The number of hydrogen-bond acceptors (Lipinski definition) is 4. The number of halogens is 1. The van der Waals surface area contributed by atoms with Crippen molar-refractivity contribution in [3.05, 3.63) is 46.2 Å². The van der Waals surface area contributed by atoms with E-state index in [0.29, 0.717) is 5.02 Å². The van der Waals surface area contributed by atoms with Crippen LogP contribution < -0.4 is 5.73 Å². The molecule has 2 rings (SSSR count). The minimum atomic E-state index is -0.501. The molecule has 100 valence electrons. The summed E-state index contributed by atoms with van der Waals surface area (Å²) in [6.07, 6.45) is 0. The number of nitrogens with two attached hydrogens (primary N) is 1. The summed E-state index contributed by atoms with van der Waals surface area (Å²) < 4.78 is 6.88. The summed E-state index contributed by atoms with van der Waals surface area (Å²) in [5.41, 5.74) is 7.92. The molecular formula is C13H14ClN3O2. The topological polar surface area (TPSA) is 70.1 Å². The maximum Gasteiger partial charge on any atom is 0.340 e. The summed E-state index contributed by atoms with van der Waals surface area (Å²) in [4.78, 5) is 11.9. The van der Waals surface area contributed by atoms with Crippen LogP contribution >= 0.6 is 11.6 Å². The maximum atomic E-state index is 11.9. The molecule has 1 aromatic carbocycles. The van der Waals surface area contributed by atoms with Gasteiger partial charge in [0.05, 0.1) is 27.7 Å². The van der Waals surface area contributed by atoms with Crippen molar-refractivity contribution in [1.82, 2.24) is 9.78 Å². The van der Waals surface area contributed by atoms with Crippen LogP contribution in [0.2, 0.25) is 5.02 Å². The third-order valence-corrected chi connectivity index (χ3v) is 3.05. The lowest BCUT2D eigenvalue weighted by Crippen LogP contribution is -2.10. The van der Waals surface area contributed by atoms with Crippen LogP contribution in [0, 0.1) is 6.92 Å². The number of esters is 1. The van der Waals surface area contributed by atoms with E-state index in [1.165, 1.54) is 0 Å². The molecule has 0 unspecified atom stereocenters.